The minimum Gasteiger partial charge on any atom is -0.456 e. The first-order chi connectivity index (χ1) is 10.8. The van der Waals surface area contributed by atoms with Crippen molar-refractivity contribution in [2.24, 2.45) is 0 Å². The van der Waals surface area contributed by atoms with Crippen molar-refractivity contribution in [2.75, 3.05) is 13.1 Å². The fraction of sp³-hybridized carbons (Fsp3) is 0.647. The maximum Gasteiger partial charge on any atom is 0.429 e. The lowest BCUT2D eigenvalue weighted by Gasteiger charge is -2.29. The fourth-order valence-corrected chi connectivity index (χ4v) is 3.05. The van der Waals surface area contributed by atoms with E-state index in [0.717, 1.165) is 43.4 Å². The number of carbonyl (C=O) groups excluding carboxylic acids is 2. The number of hydrazine groups is 1. The van der Waals surface area contributed by atoms with Gasteiger partial charge in [0.15, 0.2) is 5.76 Å². The molecule has 23 heavy (non-hydrogen) atoms. The summed E-state index contributed by atoms with van der Waals surface area (Å²) in [6, 6.07) is 1.84. The van der Waals surface area contributed by atoms with Gasteiger partial charge in [0.05, 0.1) is 0 Å². The summed E-state index contributed by atoms with van der Waals surface area (Å²) in [7, 11) is 0. The van der Waals surface area contributed by atoms with Crippen LogP contribution in [0.15, 0.2) is 10.5 Å². The first-order valence-electron chi connectivity index (χ1n) is 8.29. The minimum atomic E-state index is -0.585. The van der Waals surface area contributed by atoms with Crippen LogP contribution in [0.4, 0.5) is 4.79 Å². The molecule has 0 N–H and O–H groups in total. The van der Waals surface area contributed by atoms with Crippen molar-refractivity contribution in [3.05, 3.63) is 23.2 Å². The van der Waals surface area contributed by atoms with Gasteiger partial charge in [-0.1, -0.05) is 0 Å². The predicted molar refractivity (Wildman–Crippen MR) is 83.9 cm³/mol. The van der Waals surface area contributed by atoms with Crippen LogP contribution >= 0.6 is 0 Å². The molecule has 1 fully saturated rings. The molecule has 3 rings (SSSR count). The number of nitrogens with zero attached hydrogens (tertiary/aromatic N) is 2. The summed E-state index contributed by atoms with van der Waals surface area (Å²) in [4.78, 5) is 25.0. The van der Waals surface area contributed by atoms with Crippen LogP contribution in [0.25, 0.3) is 0 Å². The summed E-state index contributed by atoms with van der Waals surface area (Å²) in [6.45, 7) is 6.43. The lowest BCUT2D eigenvalue weighted by Crippen LogP contribution is -2.46. The number of aryl methyl sites for hydroxylation is 2. The van der Waals surface area contributed by atoms with E-state index in [-0.39, 0.29) is 5.91 Å². The molecule has 2 amide bonds. The van der Waals surface area contributed by atoms with Gasteiger partial charge in [-0.3, -0.25) is 4.79 Å². The molecule has 2 heterocycles. The molecule has 0 radical (unpaired) electrons. The number of hydrogen-bond donors (Lipinski definition) is 0. The van der Waals surface area contributed by atoms with Crippen LogP contribution in [0, 0.1) is 0 Å². The van der Waals surface area contributed by atoms with E-state index in [9.17, 15) is 9.59 Å². The maximum atomic E-state index is 12.7. The van der Waals surface area contributed by atoms with Gasteiger partial charge >= 0.3 is 12.0 Å². The second-order valence-corrected chi connectivity index (χ2v) is 7.15. The van der Waals surface area contributed by atoms with E-state index in [1.807, 2.05) is 26.8 Å². The highest BCUT2D eigenvalue weighted by molar-refractivity contribution is 5.93. The van der Waals surface area contributed by atoms with E-state index in [1.54, 1.807) is 0 Å². The molecule has 6 nitrogen and oxygen atoms in total. The third kappa shape index (κ3) is 3.35. The van der Waals surface area contributed by atoms with Crippen molar-refractivity contribution in [3.63, 3.8) is 0 Å². The standard InChI is InChI=1S/C17H24N2O4/c1-17(2,3)23-16(21)19-10-6-9-18(19)15(20)14-11-12-7-4-5-8-13(12)22-14/h11H,4-10H2,1-3H3. The SMILES string of the molecule is CC(C)(C)OC(=O)N1CCCN1C(=O)c1cc2c(o1)CCCC2. The van der Waals surface area contributed by atoms with E-state index in [1.165, 1.54) is 10.0 Å². The van der Waals surface area contributed by atoms with Gasteiger partial charge in [-0.25, -0.2) is 14.8 Å². The lowest BCUT2D eigenvalue weighted by atomic mass is 9.99. The minimum absolute atomic E-state index is 0.261. The molecule has 6 heteroatoms. The van der Waals surface area contributed by atoms with E-state index in [4.69, 9.17) is 9.15 Å². The van der Waals surface area contributed by atoms with Crippen LogP contribution in [0.2, 0.25) is 0 Å². The Morgan fingerprint density at radius 2 is 1.78 bits per heavy atom. The second-order valence-electron chi connectivity index (χ2n) is 7.15. The molecule has 1 aliphatic carbocycles. The van der Waals surface area contributed by atoms with Gasteiger partial charge in [-0.15, -0.1) is 0 Å². The third-order valence-corrected chi connectivity index (χ3v) is 4.08. The smallest absolute Gasteiger partial charge is 0.429 e. The number of hydrogen-bond acceptors (Lipinski definition) is 4. The molecule has 0 spiro atoms. The zero-order chi connectivity index (χ0) is 16.6. The Hall–Kier alpha value is -1.98. The van der Waals surface area contributed by atoms with Crippen molar-refractivity contribution in [1.82, 2.24) is 10.0 Å². The van der Waals surface area contributed by atoms with Crippen molar-refractivity contribution in [3.8, 4) is 0 Å². The predicted octanol–water partition coefficient (Wildman–Crippen LogP) is 3.16. The highest BCUT2D eigenvalue weighted by Gasteiger charge is 2.35. The van der Waals surface area contributed by atoms with Crippen molar-refractivity contribution >= 4 is 12.0 Å². The van der Waals surface area contributed by atoms with Crippen molar-refractivity contribution < 1.29 is 18.7 Å². The highest BCUT2D eigenvalue weighted by Crippen LogP contribution is 2.27. The van der Waals surface area contributed by atoms with E-state index in [2.05, 4.69) is 0 Å². The highest BCUT2D eigenvalue weighted by atomic mass is 16.6. The zero-order valence-electron chi connectivity index (χ0n) is 14.1. The molecular weight excluding hydrogens is 296 g/mol. The molecule has 1 aliphatic heterocycles. The maximum absolute atomic E-state index is 12.7. The summed E-state index contributed by atoms with van der Waals surface area (Å²) in [6.07, 6.45) is 4.33. The molecule has 1 aromatic rings. The van der Waals surface area contributed by atoms with Gasteiger partial charge in [-0.2, -0.15) is 0 Å². The van der Waals surface area contributed by atoms with Crippen LogP contribution in [0.5, 0.6) is 0 Å². The van der Waals surface area contributed by atoms with Crippen molar-refractivity contribution in [1.29, 1.82) is 0 Å². The van der Waals surface area contributed by atoms with Gasteiger partial charge < -0.3 is 9.15 Å². The quantitative estimate of drug-likeness (QED) is 0.797. The average Bonchev–Trinajstić information content (AvgIpc) is 3.11. The Balaban J connectivity index is 1.75. The first kappa shape index (κ1) is 15.9. The average molecular weight is 320 g/mol. The number of rotatable bonds is 1. The summed E-state index contributed by atoms with van der Waals surface area (Å²) in [5.41, 5.74) is 0.542. The zero-order valence-corrected chi connectivity index (χ0v) is 14.1. The molecule has 0 atom stereocenters. The number of fused-ring (bicyclic) bond motifs is 1. The van der Waals surface area contributed by atoms with Crippen LogP contribution in [-0.2, 0) is 17.6 Å². The van der Waals surface area contributed by atoms with Crippen LogP contribution in [-0.4, -0.2) is 40.7 Å². The summed E-state index contributed by atoms with van der Waals surface area (Å²) < 4.78 is 11.1. The van der Waals surface area contributed by atoms with Crippen LogP contribution in [0.3, 0.4) is 0 Å². The summed E-state index contributed by atoms with van der Waals surface area (Å²) in [5, 5.41) is 2.83. The van der Waals surface area contributed by atoms with E-state index < -0.39 is 11.7 Å². The number of carbonyl (C=O) groups is 2. The van der Waals surface area contributed by atoms with Gasteiger partial charge in [-0.05, 0) is 58.1 Å². The topological polar surface area (TPSA) is 63.0 Å². The molecular formula is C17H24N2O4. The Labute approximate surface area is 136 Å². The Bertz CT molecular complexity index is 591. The molecule has 0 unspecified atom stereocenters. The molecule has 1 saturated heterocycles. The number of ether oxygens (including phenoxy) is 1. The van der Waals surface area contributed by atoms with Gasteiger partial charge in [0.2, 0.25) is 0 Å². The first-order valence-corrected chi connectivity index (χ1v) is 8.29. The number of furan rings is 1. The largest absolute Gasteiger partial charge is 0.456 e. The monoisotopic (exact) mass is 320 g/mol. The molecule has 0 aromatic carbocycles. The van der Waals surface area contributed by atoms with Gasteiger partial charge in [0, 0.05) is 19.5 Å². The van der Waals surface area contributed by atoms with Crippen LogP contribution in [0.1, 0.15) is 61.9 Å². The normalized spacial score (nSPS) is 18.0. The molecule has 0 saturated carbocycles. The lowest BCUT2D eigenvalue weighted by molar-refractivity contribution is -0.0203. The van der Waals surface area contributed by atoms with Gasteiger partial charge in [0.25, 0.3) is 0 Å². The molecule has 126 valence electrons. The second kappa shape index (κ2) is 5.91. The molecule has 2 aliphatic rings. The van der Waals surface area contributed by atoms with Gasteiger partial charge in [0.1, 0.15) is 11.4 Å². The van der Waals surface area contributed by atoms with E-state index in [0.29, 0.717) is 18.8 Å². The molecule has 1 aromatic heterocycles. The van der Waals surface area contributed by atoms with Crippen molar-refractivity contribution in [2.45, 2.75) is 58.5 Å². The summed E-state index contributed by atoms with van der Waals surface area (Å²) >= 11 is 0. The Morgan fingerprint density at radius 3 is 2.48 bits per heavy atom. The molecule has 0 bridgehead atoms. The van der Waals surface area contributed by atoms with Crippen LogP contribution < -0.4 is 0 Å². The summed E-state index contributed by atoms with van der Waals surface area (Å²) in [5.74, 6) is 0.984. The number of amides is 2. The Kier molecular flexibility index (Phi) is 4.08. The fourth-order valence-electron chi connectivity index (χ4n) is 3.05. The van der Waals surface area contributed by atoms with E-state index >= 15 is 0 Å². The third-order valence-electron chi connectivity index (χ3n) is 4.08. The Morgan fingerprint density at radius 1 is 1.09 bits per heavy atom.